The van der Waals surface area contributed by atoms with Gasteiger partial charge < -0.3 is 14.7 Å². The summed E-state index contributed by atoms with van der Waals surface area (Å²) in [6.45, 7) is 6.17. The maximum absolute atomic E-state index is 13.5. The number of imidazole rings is 1. The number of nitrogens with zero attached hydrogens (tertiary/aromatic N) is 4. The molecule has 0 spiro atoms. The van der Waals surface area contributed by atoms with Crippen LogP contribution in [0.3, 0.4) is 0 Å². The molecule has 0 bridgehead atoms. The van der Waals surface area contributed by atoms with Crippen LogP contribution in [0, 0.1) is 0 Å². The molecule has 5 aromatic rings. The van der Waals surface area contributed by atoms with E-state index >= 15 is 0 Å². The molecule has 8 heteroatoms. The summed E-state index contributed by atoms with van der Waals surface area (Å²) in [5.74, 6) is -0.197. The molecular weight excluding hydrogens is 552 g/mol. The van der Waals surface area contributed by atoms with Gasteiger partial charge in [-0.3, -0.25) is 14.1 Å². The topological polar surface area (TPSA) is 89.6 Å². The number of carbonyl (C=O) groups excluding carboxylic acids is 1. The Morgan fingerprint density at radius 1 is 0.932 bits per heavy atom. The van der Waals surface area contributed by atoms with Crippen molar-refractivity contribution in [2.24, 2.45) is 7.05 Å². The fourth-order valence-electron chi connectivity index (χ4n) is 6.17. The number of fused-ring (bicyclic) bond motifs is 1. The van der Waals surface area contributed by atoms with Crippen molar-refractivity contribution in [3.63, 3.8) is 0 Å². The van der Waals surface area contributed by atoms with Crippen LogP contribution >= 0.6 is 0 Å². The van der Waals surface area contributed by atoms with Crippen LogP contribution in [0.4, 0.5) is 4.79 Å². The molecular formula is C36H38N4O4. The van der Waals surface area contributed by atoms with E-state index in [1.807, 2.05) is 87.5 Å². The van der Waals surface area contributed by atoms with Gasteiger partial charge in [-0.2, -0.15) is 0 Å². The normalized spacial score (nSPS) is 17.3. The standard InChI is InChI=1S/C36H38N4O4/c1-36(2,3)44-35(43)39-20-19-28(32(41)23-39)26-15-18-30-31(21-26)38(4)34(42)40(30)27-16-17-29(37-22-27)33(24-11-7-5-8-12-24)25-13-9-6-10-14-25/h5-18,21-22,28,32-33,41H,19-20,23H2,1-4H3. The summed E-state index contributed by atoms with van der Waals surface area (Å²) >= 11 is 0. The van der Waals surface area contributed by atoms with Gasteiger partial charge in [0.1, 0.15) is 5.60 Å². The largest absolute Gasteiger partial charge is 0.444 e. The molecule has 1 amide bonds. The highest BCUT2D eigenvalue weighted by Crippen LogP contribution is 2.33. The number of pyridine rings is 1. The van der Waals surface area contributed by atoms with Crippen molar-refractivity contribution < 1.29 is 14.6 Å². The number of benzene rings is 3. The number of β-amino-alcohol motifs (C(OH)–C–C–N with tert-alkyl or cyclic N) is 1. The average Bonchev–Trinajstić information content (AvgIpc) is 3.26. The zero-order valence-electron chi connectivity index (χ0n) is 25.6. The first-order valence-electron chi connectivity index (χ1n) is 15.0. The number of aliphatic hydroxyl groups is 1. The van der Waals surface area contributed by atoms with E-state index in [1.165, 1.54) is 0 Å². The maximum atomic E-state index is 13.5. The molecule has 0 radical (unpaired) electrons. The van der Waals surface area contributed by atoms with E-state index in [4.69, 9.17) is 9.72 Å². The number of carbonyl (C=O) groups is 1. The fraction of sp³-hybridized carbons (Fsp3) is 0.306. The third-order valence-electron chi connectivity index (χ3n) is 8.33. The van der Waals surface area contributed by atoms with Crippen LogP contribution in [-0.2, 0) is 11.8 Å². The predicted octanol–water partition coefficient (Wildman–Crippen LogP) is 5.99. The van der Waals surface area contributed by atoms with Gasteiger partial charge in [0.2, 0.25) is 0 Å². The monoisotopic (exact) mass is 590 g/mol. The lowest BCUT2D eigenvalue weighted by molar-refractivity contribution is -0.00151. The SMILES string of the molecule is Cn1c(=O)n(-c2ccc(C(c3ccccc3)c3ccccc3)nc2)c2ccc(C3CCN(C(=O)OC(C)(C)C)CC3O)cc21. The van der Waals surface area contributed by atoms with Crippen LogP contribution in [-0.4, -0.2) is 55.0 Å². The smallest absolute Gasteiger partial charge is 0.410 e. The summed E-state index contributed by atoms with van der Waals surface area (Å²) in [7, 11) is 1.76. The van der Waals surface area contributed by atoms with Gasteiger partial charge >= 0.3 is 11.8 Å². The van der Waals surface area contributed by atoms with E-state index in [9.17, 15) is 14.7 Å². The number of aromatic nitrogens is 3. The van der Waals surface area contributed by atoms with Crippen molar-refractivity contribution >= 4 is 17.1 Å². The molecule has 1 aliphatic rings. The highest BCUT2D eigenvalue weighted by atomic mass is 16.6. The number of hydrogen-bond acceptors (Lipinski definition) is 5. The van der Waals surface area contributed by atoms with E-state index in [-0.39, 0.29) is 24.1 Å². The van der Waals surface area contributed by atoms with Crippen molar-refractivity contribution in [1.82, 2.24) is 19.0 Å². The number of aryl methyl sites for hydroxylation is 1. The highest BCUT2D eigenvalue weighted by Gasteiger charge is 2.33. The lowest BCUT2D eigenvalue weighted by Crippen LogP contribution is -2.47. The van der Waals surface area contributed by atoms with Gasteiger partial charge in [-0.15, -0.1) is 0 Å². The van der Waals surface area contributed by atoms with Crippen molar-refractivity contribution in [2.45, 2.75) is 50.7 Å². The van der Waals surface area contributed by atoms with Crippen LogP contribution in [0.1, 0.15) is 61.4 Å². The molecule has 0 saturated carbocycles. The molecule has 1 N–H and O–H groups in total. The van der Waals surface area contributed by atoms with Crippen molar-refractivity contribution in [1.29, 1.82) is 0 Å². The summed E-state index contributed by atoms with van der Waals surface area (Å²) in [4.78, 5) is 32.5. The van der Waals surface area contributed by atoms with Crippen LogP contribution in [0.2, 0.25) is 0 Å². The Bertz CT molecular complexity index is 1780. The van der Waals surface area contributed by atoms with Gasteiger partial charge in [-0.25, -0.2) is 9.59 Å². The van der Waals surface area contributed by atoms with Gasteiger partial charge in [0.05, 0.1) is 47.2 Å². The number of piperidine rings is 1. The molecule has 1 fully saturated rings. The highest BCUT2D eigenvalue weighted by molar-refractivity contribution is 5.79. The molecule has 8 nitrogen and oxygen atoms in total. The zero-order chi connectivity index (χ0) is 31.0. The second kappa shape index (κ2) is 11.8. The van der Waals surface area contributed by atoms with Crippen LogP contribution < -0.4 is 5.69 Å². The van der Waals surface area contributed by atoms with E-state index in [0.717, 1.165) is 33.4 Å². The third-order valence-corrected chi connectivity index (χ3v) is 8.33. The molecule has 2 aromatic heterocycles. The van der Waals surface area contributed by atoms with E-state index < -0.39 is 17.8 Å². The molecule has 3 heterocycles. The summed E-state index contributed by atoms with van der Waals surface area (Å²) < 4.78 is 8.80. The quantitative estimate of drug-likeness (QED) is 0.272. The first-order valence-corrected chi connectivity index (χ1v) is 15.0. The minimum absolute atomic E-state index is 0.0357. The van der Waals surface area contributed by atoms with Gasteiger partial charge in [-0.05, 0) is 68.1 Å². The Hall–Kier alpha value is -4.69. The van der Waals surface area contributed by atoms with E-state index in [0.29, 0.717) is 18.7 Å². The predicted molar refractivity (Wildman–Crippen MR) is 171 cm³/mol. The minimum atomic E-state index is -0.744. The Balaban J connectivity index is 1.28. The second-order valence-electron chi connectivity index (χ2n) is 12.5. The van der Waals surface area contributed by atoms with Crippen molar-refractivity contribution in [3.8, 4) is 5.69 Å². The van der Waals surface area contributed by atoms with Crippen molar-refractivity contribution in [2.75, 3.05) is 13.1 Å². The maximum Gasteiger partial charge on any atom is 0.410 e. The Kier molecular flexibility index (Phi) is 7.86. The lowest BCUT2D eigenvalue weighted by Gasteiger charge is -2.37. The lowest BCUT2D eigenvalue weighted by atomic mass is 9.87. The van der Waals surface area contributed by atoms with Crippen LogP contribution in [0.15, 0.2) is 102 Å². The van der Waals surface area contributed by atoms with Crippen molar-refractivity contribution in [3.05, 3.63) is 130 Å². The second-order valence-corrected chi connectivity index (χ2v) is 12.5. The molecule has 6 rings (SSSR count). The Morgan fingerprint density at radius 3 is 2.16 bits per heavy atom. The van der Waals surface area contributed by atoms with Gasteiger partial charge in [0.15, 0.2) is 0 Å². The van der Waals surface area contributed by atoms with Crippen LogP contribution in [0.25, 0.3) is 16.7 Å². The summed E-state index contributed by atoms with van der Waals surface area (Å²) in [6.07, 6.45) is 1.20. The first kappa shape index (κ1) is 29.4. The summed E-state index contributed by atoms with van der Waals surface area (Å²) in [5.41, 5.74) is 5.57. The third kappa shape index (κ3) is 5.77. The Morgan fingerprint density at radius 2 is 1.59 bits per heavy atom. The zero-order valence-corrected chi connectivity index (χ0v) is 25.6. The number of ether oxygens (including phenoxy) is 1. The average molecular weight is 591 g/mol. The molecule has 1 saturated heterocycles. The van der Waals surface area contributed by atoms with Gasteiger partial charge in [0.25, 0.3) is 0 Å². The molecule has 44 heavy (non-hydrogen) atoms. The first-order chi connectivity index (χ1) is 21.1. The number of hydrogen-bond donors (Lipinski definition) is 1. The number of amides is 1. The number of rotatable bonds is 5. The van der Waals surface area contributed by atoms with Gasteiger partial charge in [-0.1, -0.05) is 66.7 Å². The Labute approximate surface area is 257 Å². The molecule has 2 atom stereocenters. The fourth-order valence-corrected chi connectivity index (χ4v) is 6.17. The van der Waals surface area contributed by atoms with E-state index in [1.54, 1.807) is 27.3 Å². The van der Waals surface area contributed by atoms with Gasteiger partial charge in [0, 0.05) is 19.5 Å². The molecule has 226 valence electrons. The minimum Gasteiger partial charge on any atom is -0.444 e. The molecule has 0 aliphatic carbocycles. The number of aliphatic hydroxyl groups excluding tert-OH is 1. The van der Waals surface area contributed by atoms with E-state index in [2.05, 4.69) is 24.3 Å². The summed E-state index contributed by atoms with van der Waals surface area (Å²) in [5, 5.41) is 11.0. The number of likely N-dealkylation sites (tertiary alicyclic amines) is 1. The molecule has 1 aliphatic heterocycles. The molecule has 2 unspecified atom stereocenters. The molecule has 3 aromatic carbocycles. The van der Waals surface area contributed by atoms with Crippen LogP contribution in [0.5, 0.6) is 0 Å². The summed E-state index contributed by atoms with van der Waals surface area (Å²) in [6, 6.07) is 30.4.